The molecule has 0 spiro atoms. The second kappa shape index (κ2) is 7.82. The first-order valence-corrected chi connectivity index (χ1v) is 8.87. The van der Waals surface area contributed by atoms with E-state index in [4.69, 9.17) is 11.6 Å². The van der Waals surface area contributed by atoms with Gasteiger partial charge in [-0.15, -0.1) is 0 Å². The van der Waals surface area contributed by atoms with Crippen LogP contribution >= 0.6 is 11.6 Å². The highest BCUT2D eigenvalue weighted by atomic mass is 35.5. The van der Waals surface area contributed by atoms with E-state index in [0.717, 1.165) is 34.8 Å². The van der Waals surface area contributed by atoms with Gasteiger partial charge in [0.25, 0.3) is 5.91 Å². The van der Waals surface area contributed by atoms with Gasteiger partial charge in [-0.2, -0.15) is 0 Å². The number of carbonyl (C=O) groups excluding carboxylic acids is 1. The maximum absolute atomic E-state index is 12.5. The van der Waals surface area contributed by atoms with Gasteiger partial charge in [0.05, 0.1) is 6.04 Å². The maximum Gasteiger partial charge on any atom is 0.251 e. The Labute approximate surface area is 148 Å². The molecule has 0 radical (unpaired) electrons. The van der Waals surface area contributed by atoms with E-state index in [0.29, 0.717) is 6.54 Å². The van der Waals surface area contributed by atoms with Crippen LogP contribution in [-0.2, 0) is 0 Å². The molecule has 1 heterocycles. The van der Waals surface area contributed by atoms with Gasteiger partial charge in [-0.25, -0.2) is 0 Å². The summed E-state index contributed by atoms with van der Waals surface area (Å²) in [4.78, 5) is 15.0. The lowest BCUT2D eigenvalue weighted by Crippen LogP contribution is -2.37. The number of amides is 1. The first kappa shape index (κ1) is 17.0. The molecular formula is C20H23ClN2O. The fraction of sp³-hybridized carbons (Fsp3) is 0.350. The van der Waals surface area contributed by atoms with Crippen molar-refractivity contribution >= 4 is 17.5 Å². The van der Waals surface area contributed by atoms with Crippen LogP contribution in [0.5, 0.6) is 0 Å². The number of hydrogen-bond donors (Lipinski definition) is 1. The first-order chi connectivity index (χ1) is 11.7. The number of halogens is 1. The van der Waals surface area contributed by atoms with Crippen LogP contribution in [-0.4, -0.2) is 30.4 Å². The third-order valence-corrected chi connectivity index (χ3v) is 5.04. The van der Waals surface area contributed by atoms with Crippen LogP contribution in [0.4, 0.5) is 0 Å². The lowest BCUT2D eigenvalue weighted by atomic mass is 10.0. The van der Waals surface area contributed by atoms with Crippen LogP contribution in [0.3, 0.4) is 0 Å². The van der Waals surface area contributed by atoms with Crippen molar-refractivity contribution < 1.29 is 4.79 Å². The van der Waals surface area contributed by atoms with Crippen molar-refractivity contribution in [2.45, 2.75) is 25.8 Å². The number of nitrogens with one attached hydrogen (secondary N) is 1. The predicted molar refractivity (Wildman–Crippen MR) is 98.5 cm³/mol. The largest absolute Gasteiger partial charge is 0.350 e. The zero-order chi connectivity index (χ0) is 16.9. The Morgan fingerprint density at radius 1 is 1.12 bits per heavy atom. The molecule has 0 bridgehead atoms. The third kappa shape index (κ3) is 3.80. The SMILES string of the molecule is Cc1ccccc1C(=O)NC[C@H](c1ccccc1Cl)N1CCCC1. The van der Waals surface area contributed by atoms with Crippen molar-refractivity contribution in [2.75, 3.05) is 19.6 Å². The summed E-state index contributed by atoms with van der Waals surface area (Å²) < 4.78 is 0. The summed E-state index contributed by atoms with van der Waals surface area (Å²) in [7, 11) is 0. The fourth-order valence-electron chi connectivity index (χ4n) is 3.35. The van der Waals surface area contributed by atoms with Crippen molar-refractivity contribution in [3.63, 3.8) is 0 Å². The summed E-state index contributed by atoms with van der Waals surface area (Å²) in [5, 5.41) is 3.87. The van der Waals surface area contributed by atoms with Gasteiger partial charge in [0, 0.05) is 17.1 Å². The summed E-state index contributed by atoms with van der Waals surface area (Å²) in [5.41, 5.74) is 2.81. The molecule has 24 heavy (non-hydrogen) atoms. The zero-order valence-electron chi connectivity index (χ0n) is 14.0. The molecule has 3 nitrogen and oxygen atoms in total. The number of aryl methyl sites for hydroxylation is 1. The Hall–Kier alpha value is -1.84. The minimum Gasteiger partial charge on any atom is -0.350 e. The number of rotatable bonds is 5. The molecule has 1 aliphatic rings. The predicted octanol–water partition coefficient (Wildman–Crippen LogP) is 4.22. The van der Waals surface area contributed by atoms with Crippen LogP contribution in [0.1, 0.15) is 40.4 Å². The smallest absolute Gasteiger partial charge is 0.251 e. The van der Waals surface area contributed by atoms with Gasteiger partial charge in [-0.1, -0.05) is 48.0 Å². The van der Waals surface area contributed by atoms with E-state index in [1.807, 2.05) is 49.4 Å². The van der Waals surface area contributed by atoms with Crippen LogP contribution in [0.2, 0.25) is 5.02 Å². The van der Waals surface area contributed by atoms with Crippen molar-refractivity contribution in [3.05, 3.63) is 70.2 Å². The number of nitrogens with zero attached hydrogens (tertiary/aromatic N) is 1. The van der Waals surface area contributed by atoms with Crippen LogP contribution < -0.4 is 5.32 Å². The van der Waals surface area contributed by atoms with Gasteiger partial charge >= 0.3 is 0 Å². The molecule has 1 atom stereocenters. The summed E-state index contributed by atoms with van der Waals surface area (Å²) >= 11 is 6.42. The molecular weight excluding hydrogens is 320 g/mol. The van der Waals surface area contributed by atoms with E-state index >= 15 is 0 Å². The summed E-state index contributed by atoms with van der Waals surface area (Å²) in [6.45, 7) is 4.63. The van der Waals surface area contributed by atoms with Gasteiger partial charge in [0.1, 0.15) is 0 Å². The molecule has 0 aromatic heterocycles. The third-order valence-electron chi connectivity index (χ3n) is 4.69. The van der Waals surface area contributed by atoms with E-state index in [9.17, 15) is 4.79 Å². The highest BCUT2D eigenvalue weighted by Gasteiger charge is 2.25. The topological polar surface area (TPSA) is 32.3 Å². The minimum absolute atomic E-state index is 0.0237. The Bertz CT molecular complexity index is 710. The number of benzene rings is 2. The van der Waals surface area contributed by atoms with Gasteiger partial charge in [0.2, 0.25) is 0 Å². The quantitative estimate of drug-likeness (QED) is 0.882. The normalized spacial score (nSPS) is 16.1. The molecule has 2 aromatic rings. The molecule has 0 saturated carbocycles. The van der Waals surface area contributed by atoms with E-state index in [1.165, 1.54) is 12.8 Å². The highest BCUT2D eigenvalue weighted by molar-refractivity contribution is 6.31. The molecule has 4 heteroatoms. The second-order valence-electron chi connectivity index (χ2n) is 6.31. The lowest BCUT2D eigenvalue weighted by molar-refractivity contribution is 0.0937. The van der Waals surface area contributed by atoms with Gasteiger partial charge < -0.3 is 5.32 Å². The van der Waals surface area contributed by atoms with E-state index in [1.54, 1.807) is 0 Å². The van der Waals surface area contributed by atoms with Gasteiger partial charge in [-0.3, -0.25) is 9.69 Å². The Morgan fingerprint density at radius 2 is 1.79 bits per heavy atom. The average molecular weight is 343 g/mol. The number of carbonyl (C=O) groups is 1. The minimum atomic E-state index is -0.0237. The zero-order valence-corrected chi connectivity index (χ0v) is 14.7. The molecule has 0 aliphatic carbocycles. The van der Waals surface area contributed by atoms with Crippen molar-refractivity contribution in [3.8, 4) is 0 Å². The Kier molecular flexibility index (Phi) is 5.54. The summed E-state index contributed by atoms with van der Waals surface area (Å²) in [6, 6.07) is 15.7. The molecule has 126 valence electrons. The molecule has 1 amide bonds. The molecule has 2 aromatic carbocycles. The standard InChI is InChI=1S/C20H23ClN2O/c1-15-8-2-3-9-16(15)20(24)22-14-19(23-12-6-7-13-23)17-10-4-5-11-18(17)21/h2-5,8-11,19H,6-7,12-14H2,1H3,(H,22,24)/t19-/m1/s1. The van der Waals surface area contributed by atoms with E-state index in [-0.39, 0.29) is 11.9 Å². The fourth-order valence-corrected chi connectivity index (χ4v) is 3.61. The monoisotopic (exact) mass is 342 g/mol. The van der Waals surface area contributed by atoms with Crippen LogP contribution in [0, 0.1) is 6.92 Å². The molecule has 1 saturated heterocycles. The first-order valence-electron chi connectivity index (χ1n) is 8.49. The maximum atomic E-state index is 12.5. The van der Waals surface area contributed by atoms with Crippen LogP contribution in [0.15, 0.2) is 48.5 Å². The summed E-state index contributed by atoms with van der Waals surface area (Å²) in [5.74, 6) is -0.0237. The molecule has 0 unspecified atom stereocenters. The van der Waals surface area contributed by atoms with Crippen LogP contribution in [0.25, 0.3) is 0 Å². The number of hydrogen-bond acceptors (Lipinski definition) is 2. The van der Waals surface area contributed by atoms with E-state index in [2.05, 4.69) is 16.3 Å². The van der Waals surface area contributed by atoms with E-state index < -0.39 is 0 Å². The van der Waals surface area contributed by atoms with Gasteiger partial charge in [-0.05, 0) is 56.1 Å². The lowest BCUT2D eigenvalue weighted by Gasteiger charge is -2.29. The average Bonchev–Trinajstić information content (AvgIpc) is 3.11. The van der Waals surface area contributed by atoms with Crippen molar-refractivity contribution in [1.29, 1.82) is 0 Å². The second-order valence-corrected chi connectivity index (χ2v) is 6.71. The molecule has 1 fully saturated rings. The molecule has 1 aliphatic heterocycles. The van der Waals surface area contributed by atoms with Crippen molar-refractivity contribution in [2.24, 2.45) is 0 Å². The number of likely N-dealkylation sites (tertiary alicyclic amines) is 1. The van der Waals surface area contributed by atoms with Crippen molar-refractivity contribution in [1.82, 2.24) is 10.2 Å². The summed E-state index contributed by atoms with van der Waals surface area (Å²) in [6.07, 6.45) is 2.40. The highest BCUT2D eigenvalue weighted by Crippen LogP contribution is 2.29. The molecule has 3 rings (SSSR count). The van der Waals surface area contributed by atoms with Gasteiger partial charge in [0.15, 0.2) is 0 Å². The Morgan fingerprint density at radius 3 is 2.50 bits per heavy atom. The molecule has 1 N–H and O–H groups in total. The Balaban J connectivity index is 1.76.